The summed E-state index contributed by atoms with van der Waals surface area (Å²) in [5.41, 5.74) is 5.34. The molecule has 1 aromatic carbocycles. The molecule has 2 aromatic heterocycles. The molecule has 2 N–H and O–H groups in total. The van der Waals surface area contributed by atoms with Gasteiger partial charge in [0.2, 0.25) is 0 Å². The molecule has 28 heavy (non-hydrogen) atoms. The third-order valence-electron chi connectivity index (χ3n) is 5.88. The molecule has 3 aromatic rings. The number of aromatic amines is 1. The number of nitrogens with one attached hydrogen (secondary N) is 2. The Balaban J connectivity index is 1.56. The molecule has 0 saturated heterocycles. The number of benzene rings is 1. The van der Waals surface area contributed by atoms with E-state index in [4.69, 9.17) is 0 Å². The number of nitrogens with zero attached hydrogens (tertiary/aromatic N) is 2. The molecule has 1 aliphatic carbocycles. The van der Waals surface area contributed by atoms with Crippen LogP contribution in [0.5, 0.6) is 0 Å². The fraction of sp³-hybridized carbons (Fsp3) is 0.391. The average molecular weight is 377 g/mol. The number of amides is 1. The largest absolute Gasteiger partial charge is 0.358 e. The number of anilines is 1. The normalized spacial score (nSPS) is 16.3. The van der Waals surface area contributed by atoms with Crippen molar-refractivity contribution in [1.29, 1.82) is 0 Å². The van der Waals surface area contributed by atoms with Crippen molar-refractivity contribution in [2.45, 2.75) is 33.1 Å². The molecule has 1 amide bonds. The van der Waals surface area contributed by atoms with E-state index in [0.717, 1.165) is 43.7 Å². The fourth-order valence-electron chi connectivity index (χ4n) is 4.27. The topological polar surface area (TPSA) is 61.0 Å². The zero-order chi connectivity index (χ0) is 19.5. The van der Waals surface area contributed by atoms with Crippen LogP contribution in [0.2, 0.25) is 0 Å². The molecule has 0 bridgehead atoms. The molecule has 2 heterocycles. The van der Waals surface area contributed by atoms with Crippen LogP contribution < -0.4 is 5.32 Å². The van der Waals surface area contributed by atoms with Crippen LogP contribution in [0, 0.1) is 5.92 Å². The van der Waals surface area contributed by atoms with E-state index in [2.05, 4.69) is 46.2 Å². The number of aromatic nitrogens is 2. The number of pyridine rings is 1. The van der Waals surface area contributed by atoms with E-state index in [9.17, 15) is 4.79 Å². The number of hydrogen-bond donors (Lipinski definition) is 2. The lowest BCUT2D eigenvalue weighted by atomic mass is 9.86. The Morgan fingerprint density at radius 2 is 2.14 bits per heavy atom. The van der Waals surface area contributed by atoms with Gasteiger partial charge in [-0.1, -0.05) is 13.8 Å². The van der Waals surface area contributed by atoms with Gasteiger partial charge in [0.25, 0.3) is 5.91 Å². The molecule has 1 unspecified atom stereocenters. The molecule has 0 radical (unpaired) electrons. The lowest BCUT2D eigenvalue weighted by Crippen LogP contribution is -2.31. The standard InChI is InChI=1S/C23H28N4O/c1-3-27(4-2)15-16-7-9-21-19(12-16)20-13-18(8-10-22(20)26-21)25-23(28)17-6-5-11-24-14-17/h5-6,8,10-11,13-14,16,26H,3-4,7,9,12,15H2,1-2H3,(H,25,28). The number of fused-ring (bicyclic) bond motifs is 3. The molecule has 0 spiro atoms. The first-order valence-corrected chi connectivity index (χ1v) is 10.2. The number of aryl methyl sites for hydroxylation is 1. The maximum atomic E-state index is 12.5. The van der Waals surface area contributed by atoms with Crippen LogP contribution in [-0.4, -0.2) is 40.4 Å². The van der Waals surface area contributed by atoms with Crippen molar-refractivity contribution < 1.29 is 4.79 Å². The Morgan fingerprint density at radius 1 is 1.29 bits per heavy atom. The van der Waals surface area contributed by atoms with Crippen molar-refractivity contribution in [1.82, 2.24) is 14.9 Å². The summed E-state index contributed by atoms with van der Waals surface area (Å²) in [6.07, 6.45) is 6.70. The zero-order valence-electron chi connectivity index (χ0n) is 16.7. The van der Waals surface area contributed by atoms with Gasteiger partial charge in [-0.05, 0) is 74.2 Å². The molecule has 0 saturated carbocycles. The second-order valence-corrected chi connectivity index (χ2v) is 7.63. The maximum absolute atomic E-state index is 12.5. The van der Waals surface area contributed by atoms with E-state index in [1.54, 1.807) is 24.5 Å². The molecular weight excluding hydrogens is 348 g/mol. The summed E-state index contributed by atoms with van der Waals surface area (Å²) >= 11 is 0. The summed E-state index contributed by atoms with van der Waals surface area (Å²) in [6.45, 7) is 7.86. The first-order valence-electron chi connectivity index (χ1n) is 10.2. The van der Waals surface area contributed by atoms with Crippen molar-refractivity contribution in [3.05, 3.63) is 59.5 Å². The van der Waals surface area contributed by atoms with Crippen LogP contribution in [0.3, 0.4) is 0 Å². The highest BCUT2D eigenvalue weighted by molar-refractivity contribution is 6.05. The molecule has 4 rings (SSSR count). The Labute approximate surface area is 166 Å². The Morgan fingerprint density at radius 3 is 2.89 bits per heavy atom. The smallest absolute Gasteiger partial charge is 0.257 e. The average Bonchev–Trinajstić information content (AvgIpc) is 3.10. The van der Waals surface area contributed by atoms with Gasteiger partial charge in [-0.15, -0.1) is 0 Å². The van der Waals surface area contributed by atoms with Crippen LogP contribution >= 0.6 is 0 Å². The van der Waals surface area contributed by atoms with Crippen molar-refractivity contribution in [2.24, 2.45) is 5.92 Å². The number of carbonyl (C=O) groups is 1. The van der Waals surface area contributed by atoms with Crippen molar-refractivity contribution >= 4 is 22.5 Å². The quantitative estimate of drug-likeness (QED) is 0.676. The minimum atomic E-state index is -0.128. The minimum absolute atomic E-state index is 0.128. The van der Waals surface area contributed by atoms with E-state index >= 15 is 0 Å². The van der Waals surface area contributed by atoms with Crippen molar-refractivity contribution in [3.63, 3.8) is 0 Å². The summed E-state index contributed by atoms with van der Waals surface area (Å²) in [6, 6.07) is 9.70. The van der Waals surface area contributed by atoms with E-state index in [-0.39, 0.29) is 5.91 Å². The highest BCUT2D eigenvalue weighted by Crippen LogP contribution is 2.33. The summed E-state index contributed by atoms with van der Waals surface area (Å²) < 4.78 is 0. The lowest BCUT2D eigenvalue weighted by molar-refractivity contribution is 0.102. The lowest BCUT2D eigenvalue weighted by Gasteiger charge is -2.28. The summed E-state index contributed by atoms with van der Waals surface area (Å²) in [4.78, 5) is 22.6. The van der Waals surface area contributed by atoms with Crippen LogP contribution in [0.1, 0.15) is 41.9 Å². The highest BCUT2D eigenvalue weighted by Gasteiger charge is 2.24. The van der Waals surface area contributed by atoms with E-state index < -0.39 is 0 Å². The van der Waals surface area contributed by atoms with Crippen LogP contribution in [0.15, 0.2) is 42.7 Å². The van der Waals surface area contributed by atoms with Gasteiger partial charge in [0.15, 0.2) is 0 Å². The predicted octanol–water partition coefficient (Wildman–Crippen LogP) is 4.26. The maximum Gasteiger partial charge on any atom is 0.257 e. The minimum Gasteiger partial charge on any atom is -0.358 e. The van der Waals surface area contributed by atoms with Gasteiger partial charge < -0.3 is 15.2 Å². The molecule has 146 valence electrons. The molecular formula is C23H28N4O. The van der Waals surface area contributed by atoms with E-state index in [0.29, 0.717) is 11.5 Å². The third kappa shape index (κ3) is 3.80. The Kier molecular flexibility index (Phi) is 5.44. The first-order chi connectivity index (χ1) is 13.7. The second kappa shape index (κ2) is 8.15. The molecule has 0 aliphatic heterocycles. The zero-order valence-corrected chi connectivity index (χ0v) is 16.7. The summed E-state index contributed by atoms with van der Waals surface area (Å²) in [5, 5.41) is 4.25. The third-order valence-corrected chi connectivity index (χ3v) is 5.88. The molecule has 0 fully saturated rings. The van der Waals surface area contributed by atoms with Crippen molar-refractivity contribution in [3.8, 4) is 0 Å². The van der Waals surface area contributed by atoms with E-state index in [1.807, 2.05) is 6.07 Å². The van der Waals surface area contributed by atoms with Crippen LogP contribution in [-0.2, 0) is 12.8 Å². The van der Waals surface area contributed by atoms with Crippen molar-refractivity contribution in [2.75, 3.05) is 25.0 Å². The van der Waals surface area contributed by atoms with Gasteiger partial charge in [0.1, 0.15) is 0 Å². The SMILES string of the molecule is CCN(CC)CC1CCc2[nH]c3ccc(NC(=O)c4cccnc4)cc3c2C1. The molecule has 5 heteroatoms. The fourth-order valence-corrected chi connectivity index (χ4v) is 4.27. The van der Waals surface area contributed by atoms with Gasteiger partial charge >= 0.3 is 0 Å². The first kappa shape index (κ1) is 18.7. The highest BCUT2D eigenvalue weighted by atomic mass is 16.1. The van der Waals surface area contributed by atoms with Gasteiger partial charge in [-0.2, -0.15) is 0 Å². The molecule has 1 atom stereocenters. The number of hydrogen-bond acceptors (Lipinski definition) is 3. The number of rotatable bonds is 6. The molecule has 1 aliphatic rings. The second-order valence-electron chi connectivity index (χ2n) is 7.63. The molecule has 5 nitrogen and oxygen atoms in total. The Bertz CT molecular complexity index is 959. The van der Waals surface area contributed by atoms with Gasteiger partial charge in [-0.25, -0.2) is 0 Å². The number of H-pyrrole nitrogens is 1. The monoisotopic (exact) mass is 376 g/mol. The van der Waals surface area contributed by atoms with Crippen LogP contribution in [0.25, 0.3) is 10.9 Å². The number of carbonyl (C=O) groups excluding carboxylic acids is 1. The van der Waals surface area contributed by atoms with E-state index in [1.165, 1.54) is 23.1 Å². The van der Waals surface area contributed by atoms with Crippen LogP contribution in [0.4, 0.5) is 5.69 Å². The van der Waals surface area contributed by atoms with Gasteiger partial charge in [0, 0.05) is 41.2 Å². The summed E-state index contributed by atoms with van der Waals surface area (Å²) in [7, 11) is 0. The van der Waals surface area contributed by atoms with Gasteiger partial charge in [-0.3, -0.25) is 9.78 Å². The summed E-state index contributed by atoms with van der Waals surface area (Å²) in [5.74, 6) is 0.566. The Hall–Kier alpha value is -2.66. The predicted molar refractivity (Wildman–Crippen MR) is 114 cm³/mol. The van der Waals surface area contributed by atoms with Gasteiger partial charge in [0.05, 0.1) is 5.56 Å².